The van der Waals surface area contributed by atoms with Gasteiger partial charge in [0.1, 0.15) is 0 Å². The van der Waals surface area contributed by atoms with Crippen LogP contribution in [0.4, 0.5) is 0 Å². The van der Waals surface area contributed by atoms with Gasteiger partial charge in [0.25, 0.3) is 0 Å². The molecule has 1 aliphatic rings. The third kappa shape index (κ3) is 3.38. The summed E-state index contributed by atoms with van der Waals surface area (Å²) in [7, 11) is 0. The van der Waals surface area contributed by atoms with Crippen LogP contribution < -0.4 is 5.32 Å². The lowest BCUT2D eigenvalue weighted by Crippen LogP contribution is -2.35. The molecule has 2 unspecified atom stereocenters. The maximum Gasteiger partial charge on any atom is 0.0207 e. The zero-order valence-corrected chi connectivity index (χ0v) is 14.1. The van der Waals surface area contributed by atoms with Crippen LogP contribution in [0.3, 0.4) is 0 Å². The molecule has 0 amide bonds. The molecule has 2 aromatic carbocycles. The minimum absolute atomic E-state index is 0.548. The van der Waals surface area contributed by atoms with Crippen molar-refractivity contribution in [1.82, 2.24) is 5.32 Å². The number of hydrogen-bond acceptors (Lipinski definition) is 1. The zero-order valence-electron chi connectivity index (χ0n) is 12.5. The summed E-state index contributed by atoms with van der Waals surface area (Å²) in [6.45, 7) is 3.23. The van der Waals surface area contributed by atoms with Crippen molar-refractivity contribution in [2.45, 2.75) is 38.1 Å². The molecule has 110 valence electrons. The van der Waals surface area contributed by atoms with E-state index in [1.807, 2.05) is 0 Å². The molecule has 0 radical (unpaired) electrons. The highest BCUT2D eigenvalue weighted by Gasteiger charge is 2.27. The number of benzene rings is 2. The van der Waals surface area contributed by atoms with Crippen molar-refractivity contribution in [2.24, 2.45) is 0 Å². The Kier molecular flexibility index (Phi) is 4.77. The Morgan fingerprint density at radius 1 is 1.14 bits per heavy atom. The second-order valence-electron chi connectivity index (χ2n) is 5.89. The van der Waals surface area contributed by atoms with Gasteiger partial charge in [0.2, 0.25) is 0 Å². The van der Waals surface area contributed by atoms with Crippen molar-refractivity contribution in [3.8, 4) is 0 Å². The molecule has 0 saturated heterocycles. The van der Waals surface area contributed by atoms with Gasteiger partial charge in [-0.3, -0.25) is 0 Å². The molecule has 2 atom stereocenters. The van der Waals surface area contributed by atoms with Crippen LogP contribution in [0.15, 0.2) is 53.0 Å². The number of rotatable bonds is 6. The molecule has 2 aromatic rings. The lowest BCUT2D eigenvalue weighted by atomic mass is 9.74. The normalized spacial score (nSPS) is 17.9. The van der Waals surface area contributed by atoms with Gasteiger partial charge in [-0.1, -0.05) is 65.3 Å². The molecule has 0 spiro atoms. The molecular weight excluding hydrogens is 322 g/mol. The highest BCUT2D eigenvalue weighted by Crippen LogP contribution is 2.38. The minimum atomic E-state index is 0.548. The van der Waals surface area contributed by atoms with E-state index in [0.29, 0.717) is 6.04 Å². The van der Waals surface area contributed by atoms with Crippen LogP contribution in [-0.2, 0) is 12.8 Å². The highest BCUT2D eigenvalue weighted by molar-refractivity contribution is 9.10. The first kappa shape index (κ1) is 14.8. The van der Waals surface area contributed by atoms with Crippen LogP contribution in [0.5, 0.6) is 0 Å². The summed E-state index contributed by atoms with van der Waals surface area (Å²) in [5.41, 5.74) is 4.50. The Balaban J connectivity index is 1.67. The van der Waals surface area contributed by atoms with Crippen LogP contribution in [0.2, 0.25) is 0 Å². The van der Waals surface area contributed by atoms with E-state index in [4.69, 9.17) is 0 Å². The predicted octanol–water partition coefficient (Wildman–Crippen LogP) is 4.70. The Morgan fingerprint density at radius 3 is 2.67 bits per heavy atom. The van der Waals surface area contributed by atoms with Crippen LogP contribution in [0.1, 0.15) is 36.0 Å². The topological polar surface area (TPSA) is 12.0 Å². The summed E-state index contributed by atoms with van der Waals surface area (Å²) in [5.74, 6) is 0.729. The van der Waals surface area contributed by atoms with E-state index >= 15 is 0 Å². The fourth-order valence-electron chi connectivity index (χ4n) is 3.37. The van der Waals surface area contributed by atoms with E-state index in [1.165, 1.54) is 22.9 Å². The molecule has 2 heteroatoms. The first-order valence-electron chi connectivity index (χ1n) is 7.82. The van der Waals surface area contributed by atoms with Crippen molar-refractivity contribution < 1.29 is 0 Å². The van der Waals surface area contributed by atoms with Gasteiger partial charge >= 0.3 is 0 Å². The van der Waals surface area contributed by atoms with Gasteiger partial charge in [0.15, 0.2) is 0 Å². The van der Waals surface area contributed by atoms with Crippen molar-refractivity contribution in [3.05, 3.63) is 69.7 Å². The van der Waals surface area contributed by atoms with E-state index in [-0.39, 0.29) is 0 Å². The molecule has 0 aliphatic heterocycles. The maximum atomic E-state index is 3.67. The van der Waals surface area contributed by atoms with Crippen molar-refractivity contribution in [3.63, 3.8) is 0 Å². The summed E-state index contributed by atoms with van der Waals surface area (Å²) in [6, 6.07) is 18.0. The summed E-state index contributed by atoms with van der Waals surface area (Å²) >= 11 is 3.67. The zero-order chi connectivity index (χ0) is 14.7. The summed E-state index contributed by atoms with van der Waals surface area (Å²) in [6.07, 6.45) is 3.56. The molecule has 1 N–H and O–H groups in total. The average Bonchev–Trinajstić information content (AvgIpc) is 2.47. The van der Waals surface area contributed by atoms with Crippen molar-refractivity contribution >= 4 is 15.9 Å². The number of halogens is 1. The first-order valence-corrected chi connectivity index (χ1v) is 8.61. The third-order valence-corrected chi connectivity index (χ3v) is 5.22. The second-order valence-corrected chi connectivity index (χ2v) is 6.74. The Labute approximate surface area is 135 Å². The average molecular weight is 344 g/mol. The Morgan fingerprint density at radius 2 is 1.90 bits per heavy atom. The lowest BCUT2D eigenvalue weighted by Gasteiger charge is -2.33. The fourth-order valence-corrected chi connectivity index (χ4v) is 3.82. The number of nitrogens with one attached hydrogen (secondary N) is 1. The van der Waals surface area contributed by atoms with E-state index in [9.17, 15) is 0 Å². The lowest BCUT2D eigenvalue weighted by molar-refractivity contribution is 0.422. The Hall–Kier alpha value is -1.12. The number of hydrogen-bond donors (Lipinski definition) is 1. The molecule has 0 fully saturated rings. The molecule has 1 aliphatic carbocycles. The van der Waals surface area contributed by atoms with Crippen LogP contribution >= 0.6 is 15.9 Å². The third-order valence-electron chi connectivity index (χ3n) is 4.45. The molecule has 1 nitrogen and oxygen atoms in total. The molecule has 0 saturated carbocycles. The number of likely N-dealkylation sites (N-methyl/N-ethyl adjacent to an activating group) is 1. The number of fused-ring (bicyclic) bond motifs is 1. The second kappa shape index (κ2) is 6.76. The van der Waals surface area contributed by atoms with E-state index in [1.54, 1.807) is 11.1 Å². The van der Waals surface area contributed by atoms with Crippen molar-refractivity contribution in [2.75, 3.05) is 6.54 Å². The fraction of sp³-hybridized carbons (Fsp3) is 0.368. The largest absolute Gasteiger partial charge is 0.314 e. The van der Waals surface area contributed by atoms with Crippen LogP contribution in [0, 0.1) is 0 Å². The smallest absolute Gasteiger partial charge is 0.0207 e. The van der Waals surface area contributed by atoms with Gasteiger partial charge < -0.3 is 5.32 Å². The molecule has 0 aromatic heterocycles. The molecule has 0 heterocycles. The van der Waals surface area contributed by atoms with Gasteiger partial charge in [-0.15, -0.1) is 0 Å². The van der Waals surface area contributed by atoms with Crippen LogP contribution in [0.25, 0.3) is 0 Å². The monoisotopic (exact) mass is 343 g/mol. The van der Waals surface area contributed by atoms with E-state index < -0.39 is 0 Å². The predicted molar refractivity (Wildman–Crippen MR) is 92.8 cm³/mol. The maximum absolute atomic E-state index is 3.67. The van der Waals surface area contributed by atoms with Gasteiger partial charge in [-0.05, 0) is 54.5 Å². The molecule has 21 heavy (non-hydrogen) atoms. The summed E-state index contributed by atoms with van der Waals surface area (Å²) in [4.78, 5) is 0. The standard InChI is InChI=1S/C19H22BrN/c1-2-21-17(12-15-8-4-6-10-19(15)20)13-16-11-14-7-3-5-9-18(14)16/h3-10,16-17,21H,2,11-13H2,1H3. The quantitative estimate of drug-likeness (QED) is 0.801. The SMILES string of the molecule is CCNC(Cc1ccccc1Br)CC1Cc2ccccc21. The molecular formula is C19H22BrN. The molecule has 0 bridgehead atoms. The Bertz CT molecular complexity index is 608. The van der Waals surface area contributed by atoms with E-state index in [0.717, 1.165) is 18.9 Å². The minimum Gasteiger partial charge on any atom is -0.314 e. The van der Waals surface area contributed by atoms with Gasteiger partial charge in [-0.2, -0.15) is 0 Å². The summed E-state index contributed by atoms with van der Waals surface area (Å²) < 4.78 is 1.22. The van der Waals surface area contributed by atoms with Gasteiger partial charge in [0, 0.05) is 10.5 Å². The van der Waals surface area contributed by atoms with Crippen LogP contribution in [-0.4, -0.2) is 12.6 Å². The van der Waals surface area contributed by atoms with E-state index in [2.05, 4.69) is 76.7 Å². The van der Waals surface area contributed by atoms with Gasteiger partial charge in [-0.25, -0.2) is 0 Å². The van der Waals surface area contributed by atoms with Crippen molar-refractivity contribution in [1.29, 1.82) is 0 Å². The first-order chi connectivity index (χ1) is 10.3. The van der Waals surface area contributed by atoms with Gasteiger partial charge in [0.05, 0.1) is 0 Å². The summed E-state index contributed by atoms with van der Waals surface area (Å²) in [5, 5.41) is 3.67. The highest BCUT2D eigenvalue weighted by atomic mass is 79.9. The molecule has 3 rings (SSSR count).